The number of ketones is 1. The van der Waals surface area contributed by atoms with E-state index in [1.165, 1.54) is 45.9 Å². The average Bonchev–Trinajstić information content (AvgIpc) is 3.19. The van der Waals surface area contributed by atoms with Gasteiger partial charge in [-0.2, -0.15) is 0 Å². The van der Waals surface area contributed by atoms with Crippen molar-refractivity contribution < 1.29 is 62.0 Å². The smallest absolute Gasteiger partial charge is 0.347 e. The number of cyclic esters (lactones) is 4. The highest BCUT2D eigenvalue weighted by molar-refractivity contribution is 6.07. The van der Waals surface area contributed by atoms with E-state index in [0.29, 0.717) is 12.8 Å². The van der Waals surface area contributed by atoms with E-state index in [9.17, 15) is 38.4 Å². The van der Waals surface area contributed by atoms with Gasteiger partial charge in [0.05, 0.1) is 17.3 Å². The molecule has 0 bridgehead atoms. The number of benzene rings is 2. The number of nitrogens with one attached hydrogen (secondary N) is 3. The molecule has 1 saturated heterocycles. The maximum absolute atomic E-state index is 14.1. The molecule has 0 spiro atoms. The number of amides is 3. The SMILES string of the molecule is CCC(C)C1OC(=O)C(C)OC(=O)C(NC(=O)c2cccc(NC=O)c2OCc2ccccc2)C(C)OC(=O)C(CC(C)C)OC(=O)C(C)(C)C(=O)C(CC(C)C)NC1=O. The number of carbonyl (C=O) groups is 8. The zero-order chi connectivity index (χ0) is 44.9. The lowest BCUT2D eigenvalue weighted by molar-refractivity contribution is -0.183. The fourth-order valence-corrected chi connectivity index (χ4v) is 6.24. The predicted octanol–water partition coefficient (Wildman–Crippen LogP) is 4.85. The number of para-hydroxylation sites is 1. The quantitative estimate of drug-likeness (QED) is 0.107. The van der Waals surface area contributed by atoms with E-state index in [1.54, 1.807) is 52.0 Å². The zero-order valence-electron chi connectivity index (χ0n) is 36.0. The molecule has 3 amide bonds. The number of Topliss-reactive ketones (excluding diaryl/α,β-unsaturated/α-hetero) is 1. The van der Waals surface area contributed by atoms with Gasteiger partial charge in [-0.1, -0.05) is 77.9 Å². The van der Waals surface area contributed by atoms with E-state index in [1.807, 2.05) is 19.9 Å². The van der Waals surface area contributed by atoms with Gasteiger partial charge in [0.2, 0.25) is 6.41 Å². The Kier molecular flexibility index (Phi) is 17.8. The van der Waals surface area contributed by atoms with Crippen LogP contribution in [0.4, 0.5) is 5.69 Å². The van der Waals surface area contributed by atoms with Crippen LogP contribution in [0.2, 0.25) is 0 Å². The normalized spacial score (nSPS) is 23.8. The molecule has 16 nitrogen and oxygen atoms in total. The second-order valence-electron chi connectivity index (χ2n) is 16.3. The molecule has 0 radical (unpaired) electrons. The van der Waals surface area contributed by atoms with Crippen LogP contribution in [0.1, 0.15) is 104 Å². The molecule has 2 aromatic rings. The molecule has 0 aliphatic carbocycles. The lowest BCUT2D eigenvalue weighted by atomic mass is 9.81. The van der Waals surface area contributed by atoms with Gasteiger partial charge in [0.1, 0.15) is 18.1 Å². The lowest BCUT2D eigenvalue weighted by Crippen LogP contribution is -2.55. The number of rotatable bonds is 13. The Morgan fingerprint density at radius 2 is 1.48 bits per heavy atom. The molecule has 16 heteroatoms. The van der Waals surface area contributed by atoms with Gasteiger partial charge in [0.25, 0.3) is 11.8 Å². The van der Waals surface area contributed by atoms with Gasteiger partial charge in [-0.05, 0) is 76.5 Å². The second kappa shape index (κ2) is 22.0. The van der Waals surface area contributed by atoms with Crippen molar-refractivity contribution in [3.63, 3.8) is 0 Å². The topological polar surface area (TPSA) is 219 Å². The largest absolute Gasteiger partial charge is 0.486 e. The third-order valence-corrected chi connectivity index (χ3v) is 9.96. The molecule has 2 aromatic carbocycles. The van der Waals surface area contributed by atoms with E-state index in [0.717, 1.165) is 5.56 Å². The highest BCUT2D eigenvalue weighted by Crippen LogP contribution is 2.31. The summed E-state index contributed by atoms with van der Waals surface area (Å²) >= 11 is 0. The van der Waals surface area contributed by atoms with Crippen molar-refractivity contribution in [1.82, 2.24) is 10.6 Å². The molecule has 1 fully saturated rings. The summed E-state index contributed by atoms with van der Waals surface area (Å²) in [5, 5.41) is 7.67. The monoisotopic (exact) mass is 837 g/mol. The van der Waals surface area contributed by atoms with Crippen LogP contribution in [-0.4, -0.2) is 84.4 Å². The van der Waals surface area contributed by atoms with Crippen molar-refractivity contribution in [1.29, 1.82) is 0 Å². The Hall–Kier alpha value is -5.80. The van der Waals surface area contributed by atoms with E-state index >= 15 is 0 Å². The summed E-state index contributed by atoms with van der Waals surface area (Å²) in [6.07, 6.45) is -5.34. The Morgan fingerprint density at radius 3 is 2.08 bits per heavy atom. The van der Waals surface area contributed by atoms with Gasteiger partial charge in [0.15, 0.2) is 35.9 Å². The molecule has 0 saturated carbocycles. The number of anilines is 1. The molecule has 7 unspecified atom stereocenters. The van der Waals surface area contributed by atoms with Crippen LogP contribution in [-0.2, 0) is 59.1 Å². The Bertz CT molecular complexity index is 1860. The lowest BCUT2D eigenvalue weighted by Gasteiger charge is -2.32. The maximum Gasteiger partial charge on any atom is 0.347 e. The van der Waals surface area contributed by atoms with Crippen LogP contribution in [0.25, 0.3) is 0 Å². The highest BCUT2D eigenvalue weighted by atomic mass is 16.6. The third kappa shape index (κ3) is 13.1. The molecule has 1 heterocycles. The van der Waals surface area contributed by atoms with Gasteiger partial charge in [-0.15, -0.1) is 0 Å². The summed E-state index contributed by atoms with van der Waals surface area (Å²) in [7, 11) is 0. The van der Waals surface area contributed by atoms with Crippen LogP contribution < -0.4 is 20.7 Å². The van der Waals surface area contributed by atoms with Crippen LogP contribution in [0.5, 0.6) is 5.75 Å². The van der Waals surface area contributed by atoms with Crippen molar-refractivity contribution in [2.24, 2.45) is 23.2 Å². The summed E-state index contributed by atoms with van der Waals surface area (Å²) in [5.41, 5.74) is -1.14. The standard InChI is InChI=1S/C44H59N3O13/c1-11-26(6)35-39(51)46-32(20-24(2)3)37(49)44(9,10)43(55)59-33(21-25(4)5)41(53)57-27(7)34(42(54)58-28(8)40(52)60-35)47-38(50)30-18-15-19-31(45-23-48)36(30)56-22-29-16-13-12-14-17-29/h12-19,23-28,32-35H,11,20-22H2,1-10H3,(H,45,48)(H,46,51)(H,47,50). The van der Waals surface area contributed by atoms with Gasteiger partial charge in [0, 0.05) is 5.92 Å². The van der Waals surface area contributed by atoms with Crippen LogP contribution in [0, 0.1) is 23.2 Å². The number of hydrogen-bond donors (Lipinski definition) is 3. The fraction of sp³-hybridized carbons (Fsp3) is 0.545. The molecule has 1 aliphatic heterocycles. The third-order valence-electron chi connectivity index (χ3n) is 9.96. The van der Waals surface area contributed by atoms with Crippen molar-refractivity contribution in [2.45, 2.75) is 132 Å². The number of hydrogen-bond acceptors (Lipinski definition) is 13. The minimum Gasteiger partial charge on any atom is -0.486 e. The summed E-state index contributed by atoms with van der Waals surface area (Å²) in [4.78, 5) is 109. The molecule has 0 aromatic heterocycles. The predicted molar refractivity (Wildman–Crippen MR) is 218 cm³/mol. The Labute approximate surface area is 351 Å². The molecule has 3 rings (SSSR count). The van der Waals surface area contributed by atoms with Crippen molar-refractivity contribution in [2.75, 3.05) is 5.32 Å². The summed E-state index contributed by atoms with van der Waals surface area (Å²) < 4.78 is 28.5. The van der Waals surface area contributed by atoms with E-state index in [-0.39, 0.29) is 48.3 Å². The van der Waals surface area contributed by atoms with Gasteiger partial charge in [-0.25, -0.2) is 14.4 Å². The molecule has 60 heavy (non-hydrogen) atoms. The van der Waals surface area contributed by atoms with E-state index in [2.05, 4.69) is 16.0 Å². The average molecular weight is 838 g/mol. The van der Waals surface area contributed by atoms with Crippen LogP contribution in [0.15, 0.2) is 48.5 Å². The van der Waals surface area contributed by atoms with Gasteiger partial charge < -0.3 is 39.6 Å². The number of esters is 4. The fourth-order valence-electron chi connectivity index (χ4n) is 6.24. The van der Waals surface area contributed by atoms with E-state index < -0.39 is 89.3 Å². The van der Waals surface area contributed by atoms with Crippen molar-refractivity contribution in [3.8, 4) is 5.75 Å². The summed E-state index contributed by atoms with van der Waals surface area (Å²) in [6, 6.07) is 10.3. The number of ether oxygens (including phenoxy) is 5. The first-order valence-electron chi connectivity index (χ1n) is 20.2. The van der Waals surface area contributed by atoms with Gasteiger partial charge >= 0.3 is 23.9 Å². The minimum absolute atomic E-state index is 0.00973. The highest BCUT2D eigenvalue weighted by Gasteiger charge is 2.46. The number of carbonyl (C=O) groups excluding carboxylic acids is 8. The Morgan fingerprint density at radius 1 is 0.833 bits per heavy atom. The van der Waals surface area contributed by atoms with Gasteiger partial charge in [-0.3, -0.25) is 24.0 Å². The van der Waals surface area contributed by atoms with Crippen LogP contribution >= 0.6 is 0 Å². The summed E-state index contributed by atoms with van der Waals surface area (Å²) in [5.74, 6) is -7.92. The minimum atomic E-state index is -1.88. The Balaban J connectivity index is 2.12. The molecule has 7 atom stereocenters. The molecule has 3 N–H and O–H groups in total. The first-order valence-corrected chi connectivity index (χ1v) is 20.2. The maximum atomic E-state index is 14.1. The first kappa shape index (κ1) is 48.6. The van der Waals surface area contributed by atoms with Crippen LogP contribution in [0.3, 0.4) is 0 Å². The second-order valence-corrected chi connectivity index (χ2v) is 16.3. The molecular weight excluding hydrogens is 778 g/mol. The summed E-state index contributed by atoms with van der Waals surface area (Å²) in [6.45, 7) is 15.7. The van der Waals surface area contributed by atoms with Crippen molar-refractivity contribution in [3.05, 3.63) is 59.7 Å². The molecule has 328 valence electrons. The molecule has 1 aliphatic rings. The first-order chi connectivity index (χ1) is 28.2. The van der Waals surface area contributed by atoms with E-state index in [4.69, 9.17) is 23.7 Å². The van der Waals surface area contributed by atoms with Crippen molar-refractivity contribution >= 4 is 53.6 Å². The molecular formula is C44H59N3O13. The zero-order valence-corrected chi connectivity index (χ0v) is 36.0.